The summed E-state index contributed by atoms with van der Waals surface area (Å²) in [5.74, 6) is -0.603. The van der Waals surface area contributed by atoms with E-state index in [1.54, 1.807) is 13.0 Å². The summed E-state index contributed by atoms with van der Waals surface area (Å²) in [6.07, 6.45) is 0.793. The summed E-state index contributed by atoms with van der Waals surface area (Å²) in [7, 11) is 0. The van der Waals surface area contributed by atoms with Crippen molar-refractivity contribution in [2.75, 3.05) is 0 Å². The van der Waals surface area contributed by atoms with Crippen LogP contribution in [-0.4, -0.2) is 17.2 Å². The highest BCUT2D eigenvalue weighted by atomic mass is 79.9. The molecular weight excluding hydrogens is 260 g/mol. The largest absolute Gasteiger partial charge is 0.507 e. The molecule has 4 heteroatoms. The molecule has 0 radical (unpaired) electrons. The molecular formula is C11H11BrO3. The number of carbonyl (C=O) groups excluding carboxylic acids is 2. The number of phenols is 1. The van der Waals surface area contributed by atoms with Crippen LogP contribution in [0.3, 0.4) is 0 Å². The van der Waals surface area contributed by atoms with Crippen molar-refractivity contribution in [2.45, 2.75) is 19.8 Å². The number of phenolic OH excluding ortho intramolecular Hbond substituents is 1. The molecule has 0 aromatic heterocycles. The molecule has 0 bridgehead atoms. The van der Waals surface area contributed by atoms with Gasteiger partial charge in [-0.3, -0.25) is 4.79 Å². The zero-order valence-corrected chi connectivity index (χ0v) is 10.0. The molecule has 80 valence electrons. The summed E-state index contributed by atoms with van der Waals surface area (Å²) in [4.78, 5) is 21.8. The first-order valence-corrected chi connectivity index (χ1v) is 5.25. The van der Waals surface area contributed by atoms with Crippen LogP contribution in [-0.2, 0) is 4.79 Å². The third kappa shape index (κ3) is 2.45. The monoisotopic (exact) mass is 270 g/mol. The van der Waals surface area contributed by atoms with Crippen LogP contribution in [0.2, 0.25) is 0 Å². The van der Waals surface area contributed by atoms with Crippen LogP contribution in [0, 0.1) is 0 Å². The maximum atomic E-state index is 11.2. The number of halogens is 1. The maximum absolute atomic E-state index is 11.2. The number of rotatable bonds is 3. The Morgan fingerprint density at radius 2 is 2.13 bits per heavy atom. The molecule has 1 N–H and O–H groups in total. The van der Waals surface area contributed by atoms with Gasteiger partial charge in [0, 0.05) is 10.4 Å². The summed E-state index contributed by atoms with van der Waals surface area (Å²) in [6, 6.07) is 2.98. The van der Waals surface area contributed by atoms with Gasteiger partial charge in [-0.05, 0) is 24.6 Å². The minimum Gasteiger partial charge on any atom is -0.507 e. The molecule has 1 aromatic rings. The van der Waals surface area contributed by atoms with Gasteiger partial charge < -0.3 is 9.90 Å². The van der Waals surface area contributed by atoms with E-state index < -0.39 is 0 Å². The first-order valence-electron chi connectivity index (χ1n) is 4.46. The zero-order chi connectivity index (χ0) is 11.6. The average Bonchev–Trinajstić information content (AvgIpc) is 2.16. The van der Waals surface area contributed by atoms with Gasteiger partial charge >= 0.3 is 0 Å². The van der Waals surface area contributed by atoms with Crippen molar-refractivity contribution in [2.24, 2.45) is 0 Å². The van der Waals surface area contributed by atoms with E-state index in [1.807, 2.05) is 0 Å². The summed E-state index contributed by atoms with van der Waals surface area (Å²) in [5, 5.41) is 9.50. The van der Waals surface area contributed by atoms with E-state index in [1.165, 1.54) is 13.0 Å². The first-order chi connectivity index (χ1) is 6.97. The van der Waals surface area contributed by atoms with E-state index in [2.05, 4.69) is 15.9 Å². The minimum atomic E-state index is -0.307. The first kappa shape index (κ1) is 11.9. The normalized spacial score (nSPS) is 12.2. The molecule has 15 heavy (non-hydrogen) atoms. The number of aromatic hydroxyl groups is 1. The standard InChI is InChI=1S/C11H11BrO3/c1-6(5-13)8-3-9(7(2)14)11(15)4-10(8)12/h3-6,15H,1-2H3. The molecule has 1 rings (SSSR count). The number of aldehydes is 1. The van der Waals surface area contributed by atoms with Crippen LogP contribution in [0.5, 0.6) is 5.75 Å². The second-order valence-corrected chi connectivity index (χ2v) is 4.23. The number of Topliss-reactive ketones (excluding diaryl/α,β-unsaturated/α-hetero) is 1. The average molecular weight is 271 g/mol. The van der Waals surface area contributed by atoms with Crippen LogP contribution in [0.4, 0.5) is 0 Å². The Balaban J connectivity index is 3.35. The number of benzene rings is 1. The van der Waals surface area contributed by atoms with Gasteiger partial charge in [0.15, 0.2) is 5.78 Å². The highest BCUT2D eigenvalue weighted by molar-refractivity contribution is 9.10. The van der Waals surface area contributed by atoms with Crippen LogP contribution in [0.1, 0.15) is 35.7 Å². The lowest BCUT2D eigenvalue weighted by Crippen LogP contribution is -2.00. The number of hydrogen-bond donors (Lipinski definition) is 1. The topological polar surface area (TPSA) is 54.4 Å². The molecule has 0 saturated heterocycles. The molecule has 0 aliphatic carbocycles. The minimum absolute atomic E-state index is 0.0729. The Morgan fingerprint density at radius 3 is 2.60 bits per heavy atom. The van der Waals surface area contributed by atoms with Gasteiger partial charge in [-0.25, -0.2) is 0 Å². The molecule has 3 nitrogen and oxygen atoms in total. The lowest BCUT2D eigenvalue weighted by Gasteiger charge is -2.10. The Labute approximate surface area is 96.2 Å². The predicted octanol–water partition coefficient (Wildman–Crippen LogP) is 2.66. The molecule has 1 unspecified atom stereocenters. The predicted molar refractivity (Wildman–Crippen MR) is 60.3 cm³/mol. The molecule has 0 fully saturated rings. The van der Waals surface area contributed by atoms with E-state index >= 15 is 0 Å². The fraction of sp³-hybridized carbons (Fsp3) is 0.273. The lowest BCUT2D eigenvalue weighted by molar-refractivity contribution is -0.108. The summed E-state index contributed by atoms with van der Waals surface area (Å²) in [5.41, 5.74) is 0.940. The van der Waals surface area contributed by atoms with Crippen LogP contribution in [0.25, 0.3) is 0 Å². The highest BCUT2D eigenvalue weighted by Crippen LogP contribution is 2.30. The van der Waals surface area contributed by atoms with Crippen LogP contribution < -0.4 is 0 Å². The van der Waals surface area contributed by atoms with Crippen molar-refractivity contribution in [1.29, 1.82) is 0 Å². The van der Waals surface area contributed by atoms with E-state index in [9.17, 15) is 14.7 Å². The van der Waals surface area contributed by atoms with Gasteiger partial charge in [0.05, 0.1) is 5.56 Å². The van der Waals surface area contributed by atoms with E-state index in [-0.39, 0.29) is 23.0 Å². The molecule has 0 aliphatic heterocycles. The van der Waals surface area contributed by atoms with Crippen molar-refractivity contribution < 1.29 is 14.7 Å². The third-order valence-electron chi connectivity index (χ3n) is 2.19. The fourth-order valence-corrected chi connectivity index (χ4v) is 1.98. The van der Waals surface area contributed by atoms with Gasteiger partial charge in [0.2, 0.25) is 0 Å². The van der Waals surface area contributed by atoms with Gasteiger partial charge in [-0.15, -0.1) is 0 Å². The molecule has 0 aliphatic rings. The van der Waals surface area contributed by atoms with Gasteiger partial charge in [-0.2, -0.15) is 0 Å². The van der Waals surface area contributed by atoms with Gasteiger partial charge in [0.25, 0.3) is 0 Å². The Morgan fingerprint density at radius 1 is 1.53 bits per heavy atom. The van der Waals surface area contributed by atoms with Crippen molar-refractivity contribution in [3.8, 4) is 5.75 Å². The summed E-state index contributed by atoms with van der Waals surface area (Å²) < 4.78 is 0.629. The third-order valence-corrected chi connectivity index (χ3v) is 2.88. The van der Waals surface area contributed by atoms with E-state index in [4.69, 9.17) is 0 Å². The van der Waals surface area contributed by atoms with Crippen molar-refractivity contribution in [3.63, 3.8) is 0 Å². The second-order valence-electron chi connectivity index (χ2n) is 3.37. The van der Waals surface area contributed by atoms with E-state index in [0.717, 1.165) is 6.29 Å². The lowest BCUT2D eigenvalue weighted by atomic mass is 9.98. The second kappa shape index (κ2) is 4.57. The number of ketones is 1. The van der Waals surface area contributed by atoms with Crippen molar-refractivity contribution in [1.82, 2.24) is 0 Å². The van der Waals surface area contributed by atoms with Crippen LogP contribution in [0.15, 0.2) is 16.6 Å². The molecule has 0 amide bonds. The van der Waals surface area contributed by atoms with Crippen molar-refractivity contribution >= 4 is 28.0 Å². The van der Waals surface area contributed by atoms with E-state index in [0.29, 0.717) is 10.0 Å². The highest BCUT2D eigenvalue weighted by Gasteiger charge is 2.14. The molecule has 0 heterocycles. The molecule has 0 spiro atoms. The maximum Gasteiger partial charge on any atom is 0.163 e. The Bertz CT molecular complexity index is 413. The number of hydrogen-bond acceptors (Lipinski definition) is 3. The van der Waals surface area contributed by atoms with Crippen LogP contribution >= 0.6 is 15.9 Å². The SMILES string of the molecule is CC(=O)c1cc(C(C)C=O)c(Br)cc1O. The summed E-state index contributed by atoms with van der Waals surface area (Å²) >= 11 is 3.24. The van der Waals surface area contributed by atoms with Crippen molar-refractivity contribution in [3.05, 3.63) is 27.7 Å². The zero-order valence-electron chi connectivity index (χ0n) is 8.45. The molecule has 1 aromatic carbocycles. The Kier molecular flexibility index (Phi) is 3.63. The quantitative estimate of drug-likeness (QED) is 0.679. The Hall–Kier alpha value is -1.16. The fourth-order valence-electron chi connectivity index (χ4n) is 1.28. The van der Waals surface area contributed by atoms with Gasteiger partial charge in [-0.1, -0.05) is 22.9 Å². The molecule has 0 saturated carbocycles. The summed E-state index contributed by atoms with van der Waals surface area (Å²) in [6.45, 7) is 3.10. The number of carbonyl (C=O) groups is 2. The van der Waals surface area contributed by atoms with Gasteiger partial charge in [0.1, 0.15) is 12.0 Å². The smallest absolute Gasteiger partial charge is 0.163 e. The molecule has 1 atom stereocenters.